The molecule has 0 saturated heterocycles. The average Bonchev–Trinajstić information content (AvgIpc) is 3.24. The van der Waals surface area contributed by atoms with Crippen LogP contribution in [0.2, 0.25) is 0 Å². The van der Waals surface area contributed by atoms with Gasteiger partial charge in [0.1, 0.15) is 11.1 Å². The fraction of sp³-hybridized carbons (Fsp3) is 0.0909. The van der Waals surface area contributed by atoms with Gasteiger partial charge in [0.05, 0.1) is 25.5 Å². The van der Waals surface area contributed by atoms with Crippen LogP contribution in [-0.2, 0) is 0 Å². The zero-order chi connectivity index (χ0) is 20.8. The lowest BCUT2D eigenvalue weighted by molar-refractivity contribution is 0.355. The normalized spacial score (nSPS) is 11.8. The third-order valence-corrected chi connectivity index (χ3v) is 5.80. The monoisotopic (exact) mass is 486 g/mol. The smallest absolute Gasteiger partial charge is 0.161 e. The first-order valence-electron chi connectivity index (χ1n) is 8.47. The molecule has 0 N–H and O–H groups in total. The highest BCUT2D eigenvalue weighted by Crippen LogP contribution is 2.33. The Hall–Kier alpha value is -2.59. The molecule has 3 aromatic rings. The fourth-order valence-electron chi connectivity index (χ4n) is 2.54. The molecular weight excluding hydrogens is 472 g/mol. The molecule has 146 valence electrons. The molecule has 4 nitrogen and oxygen atoms in total. The lowest BCUT2D eigenvalue weighted by atomic mass is 10.1. The maximum Gasteiger partial charge on any atom is 0.161 e. The standard InChI is InChI=1S/C22H16BrClN2O2S/c1-27-20-10-6-15(11-21(20)28-2)19-13-29-22(26-19)16(12-25)5-9-18(24)14-3-7-17(23)8-4-14/h3-11,13H,1-2H3/b16-5+,18-9+. The van der Waals surface area contributed by atoms with Crippen molar-refractivity contribution in [3.63, 3.8) is 0 Å². The number of aromatic nitrogens is 1. The van der Waals surface area contributed by atoms with Gasteiger partial charge in [0, 0.05) is 20.4 Å². The number of hydrogen-bond acceptors (Lipinski definition) is 5. The van der Waals surface area contributed by atoms with E-state index in [1.807, 2.05) is 47.8 Å². The van der Waals surface area contributed by atoms with Gasteiger partial charge in [0.25, 0.3) is 0 Å². The van der Waals surface area contributed by atoms with E-state index < -0.39 is 0 Å². The van der Waals surface area contributed by atoms with E-state index in [0.29, 0.717) is 27.1 Å². The number of ether oxygens (including phenoxy) is 2. The minimum absolute atomic E-state index is 0.442. The highest BCUT2D eigenvalue weighted by Gasteiger charge is 2.11. The second-order valence-electron chi connectivity index (χ2n) is 5.82. The summed E-state index contributed by atoms with van der Waals surface area (Å²) in [5.74, 6) is 1.27. The van der Waals surface area contributed by atoms with Crippen LogP contribution < -0.4 is 9.47 Å². The Labute approximate surface area is 186 Å². The molecule has 0 bridgehead atoms. The molecule has 3 rings (SSSR count). The number of halogens is 2. The van der Waals surface area contributed by atoms with E-state index in [0.717, 1.165) is 21.3 Å². The molecule has 0 aliphatic rings. The Morgan fingerprint density at radius 1 is 1.10 bits per heavy atom. The molecule has 0 aliphatic carbocycles. The van der Waals surface area contributed by atoms with Crippen molar-refractivity contribution in [3.8, 4) is 28.8 Å². The molecule has 7 heteroatoms. The van der Waals surface area contributed by atoms with Gasteiger partial charge < -0.3 is 9.47 Å². The van der Waals surface area contributed by atoms with Gasteiger partial charge in [-0.05, 0) is 48.0 Å². The average molecular weight is 488 g/mol. The van der Waals surface area contributed by atoms with Crippen LogP contribution in [0.15, 0.2) is 64.5 Å². The van der Waals surface area contributed by atoms with Crippen LogP contribution in [0.1, 0.15) is 10.6 Å². The molecule has 1 heterocycles. The number of hydrogen-bond donors (Lipinski definition) is 0. The SMILES string of the molecule is COc1ccc(-c2csc(/C(C#N)=C/C=C(/Cl)c3ccc(Br)cc3)n2)cc1OC. The van der Waals surface area contributed by atoms with Crippen molar-refractivity contribution < 1.29 is 9.47 Å². The van der Waals surface area contributed by atoms with Crippen molar-refractivity contribution in [1.29, 1.82) is 5.26 Å². The summed E-state index contributed by atoms with van der Waals surface area (Å²) in [5.41, 5.74) is 2.95. The Morgan fingerprint density at radius 2 is 1.83 bits per heavy atom. The van der Waals surface area contributed by atoms with E-state index >= 15 is 0 Å². The minimum atomic E-state index is 0.442. The fourth-order valence-corrected chi connectivity index (χ4v) is 3.80. The summed E-state index contributed by atoms with van der Waals surface area (Å²) < 4.78 is 11.6. The maximum absolute atomic E-state index is 9.56. The first kappa shape index (κ1) is 21.1. The molecular formula is C22H16BrClN2O2S. The molecule has 0 spiro atoms. The van der Waals surface area contributed by atoms with Crippen molar-refractivity contribution in [1.82, 2.24) is 4.98 Å². The summed E-state index contributed by atoms with van der Waals surface area (Å²) in [6.45, 7) is 0. The largest absolute Gasteiger partial charge is 0.493 e. The summed E-state index contributed by atoms with van der Waals surface area (Å²) in [6.07, 6.45) is 3.39. The van der Waals surface area contributed by atoms with Gasteiger partial charge in [0.15, 0.2) is 11.5 Å². The van der Waals surface area contributed by atoms with Gasteiger partial charge in [-0.1, -0.05) is 39.7 Å². The number of methoxy groups -OCH3 is 2. The van der Waals surface area contributed by atoms with E-state index in [2.05, 4.69) is 27.0 Å². The number of thiazole rings is 1. The second-order valence-corrected chi connectivity index (χ2v) is 8.00. The minimum Gasteiger partial charge on any atom is -0.493 e. The predicted molar refractivity (Wildman–Crippen MR) is 122 cm³/mol. The Bertz CT molecular complexity index is 1110. The summed E-state index contributed by atoms with van der Waals surface area (Å²) in [7, 11) is 3.18. The summed E-state index contributed by atoms with van der Waals surface area (Å²) in [4.78, 5) is 4.60. The summed E-state index contributed by atoms with van der Waals surface area (Å²) >= 11 is 11.2. The molecule has 0 radical (unpaired) electrons. The van der Waals surface area contributed by atoms with E-state index in [-0.39, 0.29) is 0 Å². The Balaban J connectivity index is 1.88. The van der Waals surface area contributed by atoms with Crippen LogP contribution >= 0.6 is 38.9 Å². The molecule has 29 heavy (non-hydrogen) atoms. The van der Waals surface area contributed by atoms with E-state index in [9.17, 15) is 5.26 Å². The van der Waals surface area contributed by atoms with Crippen LogP contribution in [0.4, 0.5) is 0 Å². The topological polar surface area (TPSA) is 55.1 Å². The first-order valence-corrected chi connectivity index (χ1v) is 10.5. The zero-order valence-corrected chi connectivity index (χ0v) is 18.8. The quantitative estimate of drug-likeness (QED) is 0.284. The van der Waals surface area contributed by atoms with Gasteiger partial charge in [-0.2, -0.15) is 5.26 Å². The van der Waals surface area contributed by atoms with Crippen LogP contribution in [0.3, 0.4) is 0 Å². The Kier molecular flexibility index (Phi) is 7.10. The van der Waals surface area contributed by atoms with Crippen LogP contribution in [0.25, 0.3) is 21.9 Å². The Morgan fingerprint density at radius 3 is 2.48 bits per heavy atom. The zero-order valence-electron chi connectivity index (χ0n) is 15.6. The number of nitriles is 1. The van der Waals surface area contributed by atoms with Gasteiger partial charge in [-0.15, -0.1) is 11.3 Å². The van der Waals surface area contributed by atoms with E-state index in [1.54, 1.807) is 26.4 Å². The van der Waals surface area contributed by atoms with Gasteiger partial charge in [0.2, 0.25) is 0 Å². The summed E-state index contributed by atoms with van der Waals surface area (Å²) in [5, 5.41) is 12.6. The molecule has 0 aliphatic heterocycles. The van der Waals surface area contributed by atoms with Gasteiger partial charge in [-0.3, -0.25) is 0 Å². The van der Waals surface area contributed by atoms with Crippen molar-refractivity contribution in [2.24, 2.45) is 0 Å². The van der Waals surface area contributed by atoms with E-state index in [4.69, 9.17) is 21.1 Å². The number of nitrogens with zero attached hydrogens (tertiary/aromatic N) is 2. The van der Waals surface area contributed by atoms with E-state index in [1.165, 1.54) is 11.3 Å². The molecule has 0 amide bonds. The molecule has 0 fully saturated rings. The molecule has 0 unspecified atom stereocenters. The highest BCUT2D eigenvalue weighted by molar-refractivity contribution is 9.10. The van der Waals surface area contributed by atoms with Gasteiger partial charge in [-0.25, -0.2) is 4.98 Å². The molecule has 1 aromatic heterocycles. The lowest BCUT2D eigenvalue weighted by Crippen LogP contribution is -1.91. The van der Waals surface area contributed by atoms with Crippen molar-refractivity contribution >= 4 is 49.5 Å². The number of allylic oxidation sites excluding steroid dienone is 3. The van der Waals surface area contributed by atoms with Gasteiger partial charge >= 0.3 is 0 Å². The number of benzene rings is 2. The van der Waals surface area contributed by atoms with Crippen LogP contribution in [0.5, 0.6) is 11.5 Å². The van der Waals surface area contributed by atoms with Crippen LogP contribution in [0, 0.1) is 11.3 Å². The maximum atomic E-state index is 9.56. The lowest BCUT2D eigenvalue weighted by Gasteiger charge is -2.08. The third-order valence-electron chi connectivity index (χ3n) is 4.05. The second kappa shape index (κ2) is 9.75. The van der Waals surface area contributed by atoms with Crippen molar-refractivity contribution in [2.45, 2.75) is 0 Å². The van der Waals surface area contributed by atoms with Crippen molar-refractivity contribution in [3.05, 3.63) is 75.0 Å². The number of rotatable bonds is 6. The first-order chi connectivity index (χ1) is 14.0. The molecule has 0 saturated carbocycles. The van der Waals surface area contributed by atoms with Crippen molar-refractivity contribution in [2.75, 3.05) is 14.2 Å². The highest BCUT2D eigenvalue weighted by atomic mass is 79.9. The summed E-state index contributed by atoms with van der Waals surface area (Å²) in [6, 6.07) is 15.4. The van der Waals surface area contributed by atoms with Crippen LogP contribution in [-0.4, -0.2) is 19.2 Å². The molecule has 2 aromatic carbocycles. The third kappa shape index (κ3) is 5.07. The predicted octanol–water partition coefficient (Wildman–Crippen LogP) is 6.78. The molecule has 0 atom stereocenters.